The van der Waals surface area contributed by atoms with Crippen LogP contribution in [0.15, 0.2) is 66.1 Å². The average molecular weight is 332 g/mol. The molecule has 23 heavy (non-hydrogen) atoms. The summed E-state index contributed by atoms with van der Waals surface area (Å²) < 4.78 is 32.1. The van der Waals surface area contributed by atoms with Gasteiger partial charge in [0, 0.05) is 11.4 Å². The quantitative estimate of drug-likeness (QED) is 0.797. The predicted octanol–water partition coefficient (Wildman–Crippen LogP) is 2.62. The van der Waals surface area contributed by atoms with Crippen molar-refractivity contribution in [2.45, 2.75) is 4.90 Å². The Kier molecular flexibility index (Phi) is 5.02. The molecule has 2 aromatic carbocycles. The number of amides is 1. The zero-order valence-corrected chi connectivity index (χ0v) is 13.3. The van der Waals surface area contributed by atoms with Crippen LogP contribution in [-0.2, 0) is 14.8 Å². The molecule has 0 aliphatic heterocycles. The second-order valence-corrected chi connectivity index (χ2v) is 6.23. The van der Waals surface area contributed by atoms with Gasteiger partial charge in [0.15, 0.2) is 0 Å². The molecule has 120 valence electrons. The molecule has 0 spiro atoms. The van der Waals surface area contributed by atoms with E-state index in [-0.39, 0.29) is 10.8 Å². The molecule has 0 aliphatic carbocycles. The molecule has 0 fully saturated rings. The smallest absolute Gasteiger partial charge is 0.261 e. The molecule has 0 aliphatic rings. The van der Waals surface area contributed by atoms with Crippen LogP contribution in [0.2, 0.25) is 0 Å². The summed E-state index contributed by atoms with van der Waals surface area (Å²) in [6.45, 7) is 3.35. The Labute approximate surface area is 134 Å². The van der Waals surface area contributed by atoms with E-state index in [0.717, 1.165) is 6.08 Å². The van der Waals surface area contributed by atoms with Gasteiger partial charge in [-0.3, -0.25) is 9.52 Å². The first-order valence-electron chi connectivity index (χ1n) is 6.65. The van der Waals surface area contributed by atoms with Crippen LogP contribution in [0.4, 0.5) is 11.4 Å². The van der Waals surface area contributed by atoms with Crippen molar-refractivity contribution in [2.75, 3.05) is 17.1 Å². The van der Waals surface area contributed by atoms with E-state index >= 15 is 0 Å². The first kappa shape index (κ1) is 16.6. The molecule has 6 nitrogen and oxygen atoms in total. The molecule has 0 aromatic heterocycles. The summed E-state index contributed by atoms with van der Waals surface area (Å²) in [4.78, 5) is 11.3. The van der Waals surface area contributed by atoms with Gasteiger partial charge in [0.2, 0.25) is 5.91 Å². The Hall–Kier alpha value is -2.80. The molecular weight excluding hydrogens is 316 g/mol. The largest absolute Gasteiger partial charge is 0.497 e. The maximum Gasteiger partial charge on any atom is 0.261 e. The van der Waals surface area contributed by atoms with Gasteiger partial charge in [-0.25, -0.2) is 8.42 Å². The van der Waals surface area contributed by atoms with Crippen molar-refractivity contribution in [1.82, 2.24) is 0 Å². The van der Waals surface area contributed by atoms with Crippen LogP contribution in [0.5, 0.6) is 5.75 Å². The molecule has 0 saturated heterocycles. The average Bonchev–Trinajstić information content (AvgIpc) is 2.55. The van der Waals surface area contributed by atoms with Crippen molar-refractivity contribution in [3.05, 3.63) is 61.2 Å². The van der Waals surface area contributed by atoms with Gasteiger partial charge in [-0.2, -0.15) is 0 Å². The van der Waals surface area contributed by atoms with Crippen LogP contribution < -0.4 is 14.8 Å². The number of hydrogen-bond donors (Lipinski definition) is 2. The highest BCUT2D eigenvalue weighted by Crippen LogP contribution is 2.20. The minimum absolute atomic E-state index is 0.0879. The fourth-order valence-electron chi connectivity index (χ4n) is 1.78. The highest BCUT2D eigenvalue weighted by Gasteiger charge is 2.14. The second-order valence-electron chi connectivity index (χ2n) is 4.55. The molecular formula is C16H16N2O4S. The fourth-order valence-corrected chi connectivity index (χ4v) is 2.84. The van der Waals surface area contributed by atoms with Gasteiger partial charge in [0.25, 0.3) is 10.0 Å². The van der Waals surface area contributed by atoms with Crippen molar-refractivity contribution in [3.8, 4) is 5.75 Å². The van der Waals surface area contributed by atoms with Crippen LogP contribution in [0.25, 0.3) is 0 Å². The molecule has 0 bridgehead atoms. The van der Waals surface area contributed by atoms with E-state index in [1.54, 1.807) is 24.3 Å². The molecule has 0 saturated carbocycles. The van der Waals surface area contributed by atoms with E-state index in [2.05, 4.69) is 16.6 Å². The number of carbonyl (C=O) groups excluding carboxylic acids is 1. The Morgan fingerprint density at radius 3 is 2.13 bits per heavy atom. The van der Waals surface area contributed by atoms with E-state index in [1.165, 1.54) is 31.4 Å². The minimum Gasteiger partial charge on any atom is -0.497 e. The van der Waals surface area contributed by atoms with Gasteiger partial charge in [-0.05, 0) is 54.6 Å². The van der Waals surface area contributed by atoms with Crippen molar-refractivity contribution in [3.63, 3.8) is 0 Å². The maximum absolute atomic E-state index is 12.3. The first-order valence-corrected chi connectivity index (χ1v) is 8.13. The van der Waals surface area contributed by atoms with E-state index in [1.807, 2.05) is 0 Å². The van der Waals surface area contributed by atoms with Gasteiger partial charge < -0.3 is 10.1 Å². The summed E-state index contributed by atoms with van der Waals surface area (Å²) in [5.41, 5.74) is 0.910. The number of carbonyl (C=O) groups is 1. The monoisotopic (exact) mass is 332 g/mol. The zero-order valence-electron chi connectivity index (χ0n) is 12.4. The number of sulfonamides is 1. The third-order valence-electron chi connectivity index (χ3n) is 2.96. The summed E-state index contributed by atoms with van der Waals surface area (Å²) in [6, 6.07) is 12.4. The summed E-state index contributed by atoms with van der Waals surface area (Å²) in [5.74, 6) is 0.271. The molecule has 2 aromatic rings. The van der Waals surface area contributed by atoms with Crippen molar-refractivity contribution >= 4 is 27.3 Å². The third-order valence-corrected chi connectivity index (χ3v) is 4.36. The predicted molar refractivity (Wildman–Crippen MR) is 89.1 cm³/mol. The van der Waals surface area contributed by atoms with Crippen molar-refractivity contribution < 1.29 is 17.9 Å². The normalized spacial score (nSPS) is 10.7. The van der Waals surface area contributed by atoms with E-state index in [9.17, 15) is 13.2 Å². The molecule has 7 heteroatoms. The Bertz CT molecular complexity index is 797. The van der Waals surface area contributed by atoms with Crippen LogP contribution in [0.1, 0.15) is 0 Å². The number of anilines is 2. The van der Waals surface area contributed by atoms with Gasteiger partial charge in [0.05, 0.1) is 12.0 Å². The van der Waals surface area contributed by atoms with Crippen molar-refractivity contribution in [2.24, 2.45) is 0 Å². The Morgan fingerprint density at radius 2 is 1.61 bits per heavy atom. The van der Waals surface area contributed by atoms with Crippen LogP contribution in [0.3, 0.4) is 0 Å². The topological polar surface area (TPSA) is 84.5 Å². The van der Waals surface area contributed by atoms with Gasteiger partial charge in [0.1, 0.15) is 5.75 Å². The highest BCUT2D eigenvalue weighted by atomic mass is 32.2. The number of nitrogens with one attached hydrogen (secondary N) is 2. The van der Waals surface area contributed by atoms with Crippen LogP contribution >= 0.6 is 0 Å². The number of methoxy groups -OCH3 is 1. The third kappa shape index (κ3) is 4.33. The van der Waals surface area contributed by atoms with E-state index in [0.29, 0.717) is 17.1 Å². The molecule has 2 N–H and O–H groups in total. The van der Waals surface area contributed by atoms with Gasteiger partial charge in [-0.15, -0.1) is 0 Å². The second kappa shape index (κ2) is 6.97. The molecule has 0 atom stereocenters. The fraction of sp³-hybridized carbons (Fsp3) is 0.0625. The van der Waals surface area contributed by atoms with Crippen LogP contribution in [0, 0.1) is 0 Å². The molecule has 0 unspecified atom stereocenters. The first-order chi connectivity index (χ1) is 10.9. The Morgan fingerprint density at radius 1 is 1.04 bits per heavy atom. The minimum atomic E-state index is -3.71. The molecule has 2 rings (SSSR count). The summed E-state index contributed by atoms with van der Waals surface area (Å²) in [5, 5.41) is 2.55. The number of rotatable bonds is 6. The molecule has 0 heterocycles. The lowest BCUT2D eigenvalue weighted by molar-refractivity contribution is -0.111. The Balaban J connectivity index is 2.15. The van der Waals surface area contributed by atoms with Gasteiger partial charge >= 0.3 is 0 Å². The summed E-state index contributed by atoms with van der Waals surface area (Å²) in [7, 11) is -2.17. The lowest BCUT2D eigenvalue weighted by Crippen LogP contribution is -2.13. The summed E-state index contributed by atoms with van der Waals surface area (Å²) >= 11 is 0. The zero-order chi connectivity index (χ0) is 16.9. The number of benzene rings is 2. The number of hydrogen-bond acceptors (Lipinski definition) is 4. The van der Waals surface area contributed by atoms with E-state index in [4.69, 9.17) is 4.74 Å². The molecule has 1 amide bonds. The lowest BCUT2D eigenvalue weighted by Gasteiger charge is -2.09. The standard InChI is InChI=1S/C16H16N2O4S/c1-3-16(19)17-12-6-10-15(11-7-12)23(20,21)18-13-4-8-14(22-2)9-5-13/h3-11,18H,1H2,2H3,(H,17,19). The summed E-state index contributed by atoms with van der Waals surface area (Å²) in [6.07, 6.45) is 1.13. The van der Waals surface area contributed by atoms with Gasteiger partial charge in [-0.1, -0.05) is 6.58 Å². The number of ether oxygens (including phenoxy) is 1. The lowest BCUT2D eigenvalue weighted by atomic mass is 10.3. The van der Waals surface area contributed by atoms with Crippen LogP contribution in [-0.4, -0.2) is 21.4 Å². The molecule has 0 radical (unpaired) electrons. The maximum atomic E-state index is 12.3. The highest BCUT2D eigenvalue weighted by molar-refractivity contribution is 7.92. The van der Waals surface area contributed by atoms with Crippen molar-refractivity contribution in [1.29, 1.82) is 0 Å². The SMILES string of the molecule is C=CC(=O)Nc1ccc(S(=O)(=O)Nc2ccc(OC)cc2)cc1. The van der Waals surface area contributed by atoms with E-state index < -0.39 is 10.0 Å².